The number of aryl methyl sites for hydroxylation is 1. The molecule has 0 unspecified atom stereocenters. The van der Waals surface area contributed by atoms with Gasteiger partial charge in [0.15, 0.2) is 0 Å². The van der Waals surface area contributed by atoms with Gasteiger partial charge in [-0.3, -0.25) is 4.79 Å². The first-order valence-electron chi connectivity index (χ1n) is 6.97. The lowest BCUT2D eigenvalue weighted by molar-refractivity contribution is -0.123. The average Bonchev–Trinajstić information content (AvgIpc) is 2.85. The number of carbonyl (C=O) groups is 1. The van der Waals surface area contributed by atoms with Gasteiger partial charge in [-0.05, 0) is 32.4 Å². The number of hydrogen-bond donors (Lipinski definition) is 3. The average molecular weight is 278 g/mol. The Labute approximate surface area is 119 Å². The van der Waals surface area contributed by atoms with Gasteiger partial charge in [0.25, 0.3) is 0 Å². The number of carbonyl (C=O) groups excluding carboxylic acids is 1. The molecule has 0 radical (unpaired) electrons. The lowest BCUT2D eigenvalue weighted by Gasteiger charge is -2.17. The summed E-state index contributed by atoms with van der Waals surface area (Å²) in [5.41, 5.74) is 1.18. The van der Waals surface area contributed by atoms with Gasteiger partial charge in [0.05, 0.1) is 18.7 Å². The van der Waals surface area contributed by atoms with Crippen LogP contribution in [0.2, 0.25) is 0 Å². The van der Waals surface area contributed by atoms with Gasteiger partial charge in [-0.25, -0.2) is 0 Å². The second-order valence-electron chi connectivity index (χ2n) is 5.34. The highest BCUT2D eigenvalue weighted by Crippen LogP contribution is 2.13. The predicted octanol–water partition coefficient (Wildman–Crippen LogP) is 0.601. The molecular formula is C15H22N2O3. The highest BCUT2D eigenvalue weighted by Gasteiger charge is 2.27. The van der Waals surface area contributed by atoms with Crippen molar-refractivity contribution in [2.75, 3.05) is 13.1 Å². The van der Waals surface area contributed by atoms with Crippen LogP contribution in [-0.4, -0.2) is 42.4 Å². The second kappa shape index (κ2) is 6.72. The third-order valence-electron chi connectivity index (χ3n) is 3.35. The molecule has 1 heterocycles. The molecule has 5 nitrogen and oxygen atoms in total. The smallest absolute Gasteiger partial charge is 0.237 e. The van der Waals surface area contributed by atoms with Crippen LogP contribution in [0.15, 0.2) is 24.3 Å². The van der Waals surface area contributed by atoms with E-state index in [9.17, 15) is 9.90 Å². The van der Waals surface area contributed by atoms with Crippen molar-refractivity contribution in [3.8, 4) is 5.75 Å². The number of aliphatic hydroxyl groups is 1. The summed E-state index contributed by atoms with van der Waals surface area (Å²) >= 11 is 0. The first kappa shape index (κ1) is 14.8. The third kappa shape index (κ3) is 4.21. The second-order valence-corrected chi connectivity index (χ2v) is 5.34. The van der Waals surface area contributed by atoms with Crippen molar-refractivity contribution in [1.29, 1.82) is 0 Å². The Kier molecular flexibility index (Phi) is 4.98. The minimum Gasteiger partial charge on any atom is -0.489 e. The molecule has 1 fully saturated rings. The Morgan fingerprint density at radius 1 is 1.50 bits per heavy atom. The van der Waals surface area contributed by atoms with Crippen molar-refractivity contribution in [1.82, 2.24) is 10.6 Å². The number of rotatable bonds is 5. The molecule has 1 saturated heterocycles. The molecule has 0 spiro atoms. The quantitative estimate of drug-likeness (QED) is 0.738. The molecule has 1 amide bonds. The van der Waals surface area contributed by atoms with Crippen LogP contribution in [0.1, 0.15) is 18.9 Å². The molecule has 3 N–H and O–H groups in total. The van der Waals surface area contributed by atoms with Crippen LogP contribution in [0.4, 0.5) is 0 Å². The van der Waals surface area contributed by atoms with E-state index in [1.807, 2.05) is 38.1 Å². The molecule has 5 heteroatoms. The first-order chi connectivity index (χ1) is 9.54. The van der Waals surface area contributed by atoms with E-state index in [4.69, 9.17) is 4.74 Å². The number of amides is 1. The zero-order valence-corrected chi connectivity index (χ0v) is 11.9. The number of aliphatic hydroxyl groups excluding tert-OH is 1. The Bertz CT molecular complexity index is 447. The van der Waals surface area contributed by atoms with Crippen LogP contribution in [0.3, 0.4) is 0 Å². The summed E-state index contributed by atoms with van der Waals surface area (Å²) in [5.74, 6) is 0.715. The molecule has 1 aromatic rings. The molecule has 0 aromatic heterocycles. The largest absolute Gasteiger partial charge is 0.489 e. The molecule has 110 valence electrons. The zero-order valence-electron chi connectivity index (χ0n) is 11.9. The molecule has 1 aliphatic heterocycles. The third-order valence-corrected chi connectivity index (χ3v) is 3.35. The molecule has 0 aliphatic carbocycles. The Morgan fingerprint density at radius 2 is 2.20 bits per heavy atom. The summed E-state index contributed by atoms with van der Waals surface area (Å²) in [6, 6.07) is 7.52. The van der Waals surface area contributed by atoms with E-state index in [0.29, 0.717) is 19.5 Å². The van der Waals surface area contributed by atoms with E-state index in [1.54, 1.807) is 0 Å². The van der Waals surface area contributed by atoms with Crippen molar-refractivity contribution in [2.45, 2.75) is 38.5 Å². The summed E-state index contributed by atoms with van der Waals surface area (Å²) in [7, 11) is 0. The Balaban J connectivity index is 1.73. The maximum absolute atomic E-state index is 11.9. The van der Waals surface area contributed by atoms with E-state index in [1.165, 1.54) is 5.56 Å². The number of ether oxygens (including phenoxy) is 1. The summed E-state index contributed by atoms with van der Waals surface area (Å²) in [6.45, 7) is 4.86. The fourth-order valence-corrected chi connectivity index (χ4v) is 2.18. The number of nitrogens with one attached hydrogen (secondary N) is 2. The highest BCUT2D eigenvalue weighted by atomic mass is 16.5. The highest BCUT2D eigenvalue weighted by molar-refractivity contribution is 5.82. The van der Waals surface area contributed by atoms with Crippen molar-refractivity contribution in [3.05, 3.63) is 29.8 Å². The van der Waals surface area contributed by atoms with Gasteiger partial charge in [-0.15, -0.1) is 0 Å². The molecule has 1 aromatic carbocycles. The van der Waals surface area contributed by atoms with Crippen LogP contribution < -0.4 is 15.4 Å². The standard InChI is InChI=1S/C15H22N2O3/c1-10-3-5-13(6-4-10)20-11(2)8-17-15(19)14-7-12(18)9-16-14/h3-6,11-12,14,16,18H,7-9H2,1-2H3,(H,17,19)/t11-,12+,14+/m1/s1. The summed E-state index contributed by atoms with van der Waals surface area (Å²) in [5, 5.41) is 15.2. The van der Waals surface area contributed by atoms with Gasteiger partial charge in [0, 0.05) is 6.54 Å². The van der Waals surface area contributed by atoms with Crippen molar-refractivity contribution in [3.63, 3.8) is 0 Å². The molecule has 1 aliphatic rings. The minimum atomic E-state index is -0.424. The fraction of sp³-hybridized carbons (Fsp3) is 0.533. The Hall–Kier alpha value is -1.59. The topological polar surface area (TPSA) is 70.6 Å². The molecular weight excluding hydrogens is 256 g/mol. The monoisotopic (exact) mass is 278 g/mol. The molecule has 20 heavy (non-hydrogen) atoms. The number of hydrogen-bond acceptors (Lipinski definition) is 4. The van der Waals surface area contributed by atoms with Crippen LogP contribution >= 0.6 is 0 Å². The van der Waals surface area contributed by atoms with E-state index in [0.717, 1.165) is 5.75 Å². The first-order valence-corrected chi connectivity index (χ1v) is 6.97. The molecule has 0 saturated carbocycles. The van der Waals surface area contributed by atoms with E-state index < -0.39 is 6.10 Å². The zero-order chi connectivity index (χ0) is 14.5. The van der Waals surface area contributed by atoms with E-state index >= 15 is 0 Å². The maximum atomic E-state index is 11.9. The van der Waals surface area contributed by atoms with Crippen LogP contribution in [0.5, 0.6) is 5.75 Å². The lowest BCUT2D eigenvalue weighted by atomic mass is 10.2. The van der Waals surface area contributed by atoms with Gasteiger partial charge < -0.3 is 20.5 Å². The maximum Gasteiger partial charge on any atom is 0.237 e. The van der Waals surface area contributed by atoms with Crippen LogP contribution in [-0.2, 0) is 4.79 Å². The minimum absolute atomic E-state index is 0.0825. The number of β-amino-alcohol motifs (C(OH)–C–C–N with tert-alkyl or cyclic N) is 1. The fourth-order valence-electron chi connectivity index (χ4n) is 2.18. The van der Waals surface area contributed by atoms with Gasteiger partial charge >= 0.3 is 0 Å². The lowest BCUT2D eigenvalue weighted by Crippen LogP contribution is -2.43. The van der Waals surface area contributed by atoms with E-state index in [2.05, 4.69) is 10.6 Å². The van der Waals surface area contributed by atoms with Gasteiger partial charge in [0.1, 0.15) is 11.9 Å². The predicted molar refractivity (Wildman–Crippen MR) is 76.7 cm³/mol. The summed E-state index contributed by atoms with van der Waals surface area (Å²) in [6.07, 6.45) is -0.0565. The van der Waals surface area contributed by atoms with Crippen molar-refractivity contribution < 1.29 is 14.6 Å². The van der Waals surface area contributed by atoms with Crippen LogP contribution in [0, 0.1) is 6.92 Å². The summed E-state index contributed by atoms with van der Waals surface area (Å²) < 4.78 is 5.72. The molecule has 2 rings (SSSR count). The van der Waals surface area contributed by atoms with E-state index in [-0.39, 0.29) is 18.1 Å². The van der Waals surface area contributed by atoms with Gasteiger partial charge in [-0.2, -0.15) is 0 Å². The van der Waals surface area contributed by atoms with Crippen LogP contribution in [0.25, 0.3) is 0 Å². The SMILES string of the molecule is Cc1ccc(O[C@H](C)CNC(=O)[C@@H]2C[C@H](O)CN2)cc1. The number of benzene rings is 1. The van der Waals surface area contributed by atoms with Crippen molar-refractivity contribution in [2.24, 2.45) is 0 Å². The molecule has 0 bridgehead atoms. The van der Waals surface area contributed by atoms with Gasteiger partial charge in [-0.1, -0.05) is 17.7 Å². The van der Waals surface area contributed by atoms with Crippen molar-refractivity contribution >= 4 is 5.91 Å². The Morgan fingerprint density at radius 3 is 2.80 bits per heavy atom. The summed E-state index contributed by atoms with van der Waals surface area (Å²) in [4.78, 5) is 11.9. The molecule has 3 atom stereocenters. The van der Waals surface area contributed by atoms with Gasteiger partial charge in [0.2, 0.25) is 5.91 Å². The normalized spacial score (nSPS) is 23.4.